The van der Waals surface area contributed by atoms with E-state index >= 15 is 0 Å². The van der Waals surface area contributed by atoms with Gasteiger partial charge >= 0.3 is 5.97 Å². The van der Waals surface area contributed by atoms with Gasteiger partial charge in [-0.3, -0.25) is 4.79 Å². The third-order valence-corrected chi connectivity index (χ3v) is 3.61. The minimum absolute atomic E-state index is 0.213. The van der Waals surface area contributed by atoms with Crippen molar-refractivity contribution in [3.05, 3.63) is 17.6 Å². The molecule has 0 amide bonds. The van der Waals surface area contributed by atoms with Crippen molar-refractivity contribution < 1.29 is 14.3 Å². The molecule has 0 aromatic carbocycles. The molecule has 0 aliphatic heterocycles. The average molecular weight is 278 g/mol. The van der Waals surface area contributed by atoms with Gasteiger partial charge in [-0.2, -0.15) is 0 Å². The summed E-state index contributed by atoms with van der Waals surface area (Å²) >= 11 is 0. The van der Waals surface area contributed by atoms with Crippen LogP contribution in [0.2, 0.25) is 0 Å². The molecular weight excluding hydrogens is 260 g/mol. The molecule has 0 spiro atoms. The van der Waals surface area contributed by atoms with E-state index in [1.165, 1.54) is 4.68 Å². The lowest BCUT2D eigenvalue weighted by Gasteiger charge is -2.22. The first-order chi connectivity index (χ1) is 9.37. The van der Waals surface area contributed by atoms with Crippen molar-refractivity contribution >= 4 is 5.97 Å². The summed E-state index contributed by atoms with van der Waals surface area (Å²) in [6.45, 7) is 7.42. The summed E-state index contributed by atoms with van der Waals surface area (Å²) < 4.78 is 6.99. The number of aryl methyl sites for hydroxylation is 2. The van der Waals surface area contributed by atoms with Crippen LogP contribution in [0.25, 0.3) is 11.4 Å². The van der Waals surface area contributed by atoms with Gasteiger partial charge in [-0.25, -0.2) is 4.68 Å². The molecular formula is C13H18N4O3. The fourth-order valence-electron chi connectivity index (χ4n) is 2.02. The van der Waals surface area contributed by atoms with E-state index in [-0.39, 0.29) is 6.54 Å². The van der Waals surface area contributed by atoms with Gasteiger partial charge in [0.15, 0.2) is 5.82 Å². The first-order valence-electron chi connectivity index (χ1n) is 6.44. The van der Waals surface area contributed by atoms with Crippen LogP contribution in [0.15, 0.2) is 10.5 Å². The van der Waals surface area contributed by atoms with E-state index in [2.05, 4.69) is 15.5 Å². The molecule has 7 nitrogen and oxygen atoms in total. The summed E-state index contributed by atoms with van der Waals surface area (Å²) in [5.41, 5.74) is -0.118. The Hall–Kier alpha value is -2.18. The van der Waals surface area contributed by atoms with Crippen LogP contribution >= 0.6 is 0 Å². The van der Waals surface area contributed by atoms with E-state index in [4.69, 9.17) is 4.42 Å². The Kier molecular flexibility index (Phi) is 3.61. The molecule has 2 aromatic rings. The van der Waals surface area contributed by atoms with Gasteiger partial charge < -0.3 is 9.52 Å². The number of tetrazole rings is 1. The predicted molar refractivity (Wildman–Crippen MR) is 71.0 cm³/mol. The topological polar surface area (TPSA) is 94.0 Å². The van der Waals surface area contributed by atoms with Crippen molar-refractivity contribution in [1.29, 1.82) is 0 Å². The van der Waals surface area contributed by atoms with Crippen LogP contribution in [-0.4, -0.2) is 31.3 Å². The quantitative estimate of drug-likeness (QED) is 0.899. The van der Waals surface area contributed by atoms with Gasteiger partial charge in [-0.15, -0.1) is 5.10 Å². The Bertz CT molecular complexity index is 631. The Balaban J connectivity index is 2.39. The molecule has 0 fully saturated rings. The summed E-state index contributed by atoms with van der Waals surface area (Å²) in [5.74, 6) is 1.15. The smallest absolute Gasteiger partial charge is 0.311 e. The van der Waals surface area contributed by atoms with Gasteiger partial charge in [0.1, 0.15) is 11.5 Å². The Morgan fingerprint density at radius 2 is 2.20 bits per heavy atom. The molecule has 0 aliphatic rings. The van der Waals surface area contributed by atoms with E-state index in [0.29, 0.717) is 18.0 Å². The van der Waals surface area contributed by atoms with Gasteiger partial charge in [-0.1, -0.05) is 6.92 Å². The standard InChI is InChI=1S/C13H18N4O3/c1-5-13(4,12(18)19)7-17-11(14-15-16-17)10-6-8(2)20-9(10)3/h6H,5,7H2,1-4H3,(H,18,19). The number of aromatic nitrogens is 4. The number of furan rings is 1. The molecule has 20 heavy (non-hydrogen) atoms. The zero-order chi connectivity index (χ0) is 14.9. The first kappa shape index (κ1) is 14.2. The highest BCUT2D eigenvalue weighted by atomic mass is 16.4. The lowest BCUT2D eigenvalue weighted by Crippen LogP contribution is -2.32. The van der Waals surface area contributed by atoms with E-state index in [1.54, 1.807) is 6.92 Å². The molecule has 0 radical (unpaired) electrons. The average Bonchev–Trinajstić information content (AvgIpc) is 2.95. The zero-order valence-electron chi connectivity index (χ0n) is 12.0. The zero-order valence-corrected chi connectivity index (χ0v) is 12.0. The van der Waals surface area contributed by atoms with Gasteiger partial charge in [0.05, 0.1) is 17.5 Å². The number of rotatable bonds is 5. The minimum atomic E-state index is -0.906. The van der Waals surface area contributed by atoms with E-state index in [9.17, 15) is 9.90 Å². The number of hydrogen-bond donors (Lipinski definition) is 1. The molecule has 0 saturated carbocycles. The molecule has 1 N–H and O–H groups in total. The summed E-state index contributed by atoms with van der Waals surface area (Å²) in [5, 5.41) is 20.9. The van der Waals surface area contributed by atoms with Crippen LogP contribution in [0.5, 0.6) is 0 Å². The van der Waals surface area contributed by atoms with Crippen LogP contribution in [0.1, 0.15) is 31.8 Å². The normalized spacial score (nSPS) is 14.2. The fraction of sp³-hybridized carbons (Fsp3) is 0.538. The number of hydrogen-bond acceptors (Lipinski definition) is 5. The summed E-state index contributed by atoms with van der Waals surface area (Å²) in [6, 6.07) is 1.85. The lowest BCUT2D eigenvalue weighted by atomic mass is 9.88. The maximum atomic E-state index is 11.4. The van der Waals surface area contributed by atoms with Crippen molar-refractivity contribution in [1.82, 2.24) is 20.2 Å². The van der Waals surface area contributed by atoms with E-state index in [0.717, 1.165) is 11.3 Å². The number of nitrogens with zero attached hydrogens (tertiary/aromatic N) is 4. The van der Waals surface area contributed by atoms with Gasteiger partial charge in [0.25, 0.3) is 0 Å². The summed E-state index contributed by atoms with van der Waals surface area (Å²) in [4.78, 5) is 11.4. The molecule has 1 atom stereocenters. The second-order valence-electron chi connectivity index (χ2n) is 5.21. The third-order valence-electron chi connectivity index (χ3n) is 3.61. The molecule has 0 bridgehead atoms. The Labute approximate surface area is 116 Å². The van der Waals surface area contributed by atoms with Gasteiger partial charge in [0, 0.05) is 0 Å². The third kappa shape index (κ3) is 2.43. The second kappa shape index (κ2) is 5.07. The Morgan fingerprint density at radius 1 is 1.50 bits per heavy atom. The number of aliphatic carboxylic acids is 1. The van der Waals surface area contributed by atoms with Crippen LogP contribution in [0.4, 0.5) is 0 Å². The fourth-order valence-corrected chi connectivity index (χ4v) is 2.02. The molecule has 108 valence electrons. The highest BCUT2D eigenvalue weighted by Gasteiger charge is 2.33. The van der Waals surface area contributed by atoms with Gasteiger partial charge in [0.2, 0.25) is 0 Å². The maximum absolute atomic E-state index is 11.4. The van der Waals surface area contributed by atoms with E-state index < -0.39 is 11.4 Å². The molecule has 2 heterocycles. The van der Waals surface area contributed by atoms with E-state index in [1.807, 2.05) is 26.8 Å². The highest BCUT2D eigenvalue weighted by molar-refractivity contribution is 5.74. The molecule has 1 unspecified atom stereocenters. The number of carboxylic acid groups (broad SMARTS) is 1. The molecule has 2 aromatic heterocycles. The minimum Gasteiger partial charge on any atom is -0.481 e. The Morgan fingerprint density at radius 3 is 2.70 bits per heavy atom. The van der Waals surface area contributed by atoms with Crippen molar-refractivity contribution in [2.24, 2.45) is 5.41 Å². The SMILES string of the molecule is CCC(C)(Cn1nnnc1-c1cc(C)oc1C)C(=O)O. The van der Waals surface area contributed by atoms with Crippen molar-refractivity contribution in [2.45, 2.75) is 40.7 Å². The number of carbonyl (C=O) groups is 1. The van der Waals surface area contributed by atoms with Crippen LogP contribution < -0.4 is 0 Å². The lowest BCUT2D eigenvalue weighted by molar-refractivity contribution is -0.149. The first-order valence-corrected chi connectivity index (χ1v) is 6.44. The van der Waals surface area contributed by atoms with Crippen molar-refractivity contribution in [2.75, 3.05) is 0 Å². The molecule has 2 rings (SSSR count). The number of carboxylic acids is 1. The van der Waals surface area contributed by atoms with Crippen LogP contribution in [0.3, 0.4) is 0 Å². The maximum Gasteiger partial charge on any atom is 0.311 e. The van der Waals surface area contributed by atoms with Crippen molar-refractivity contribution in [3.8, 4) is 11.4 Å². The van der Waals surface area contributed by atoms with Crippen LogP contribution in [0, 0.1) is 19.3 Å². The molecule has 7 heteroatoms. The van der Waals surface area contributed by atoms with Crippen molar-refractivity contribution in [3.63, 3.8) is 0 Å². The summed E-state index contributed by atoms with van der Waals surface area (Å²) in [6.07, 6.45) is 0.491. The monoisotopic (exact) mass is 278 g/mol. The highest BCUT2D eigenvalue weighted by Crippen LogP contribution is 2.28. The molecule has 0 saturated heterocycles. The second-order valence-corrected chi connectivity index (χ2v) is 5.21. The largest absolute Gasteiger partial charge is 0.481 e. The predicted octanol–water partition coefficient (Wildman–Crippen LogP) is 2.05. The van der Waals surface area contributed by atoms with Crippen LogP contribution in [-0.2, 0) is 11.3 Å². The summed E-state index contributed by atoms with van der Waals surface area (Å²) in [7, 11) is 0. The molecule has 0 aliphatic carbocycles. The van der Waals surface area contributed by atoms with Gasteiger partial charge in [-0.05, 0) is 43.7 Å².